The molecule has 5 rings (SSSR count). The Bertz CT molecular complexity index is 1230. The van der Waals surface area contributed by atoms with Crippen LogP contribution in [0.4, 0.5) is 10.9 Å². The second-order valence-electron chi connectivity index (χ2n) is 9.88. The number of piperazine rings is 1. The van der Waals surface area contributed by atoms with Crippen molar-refractivity contribution in [1.29, 1.82) is 0 Å². The molecule has 0 amide bonds. The number of hydrogen-bond donors (Lipinski definition) is 1. The van der Waals surface area contributed by atoms with Gasteiger partial charge in [0.05, 0.1) is 0 Å². The van der Waals surface area contributed by atoms with Crippen molar-refractivity contribution >= 4 is 27.2 Å². The number of fused-ring (bicyclic) bond motifs is 1. The molecule has 1 saturated heterocycles. The van der Waals surface area contributed by atoms with Gasteiger partial charge in [-0.1, -0.05) is 65.4 Å². The van der Waals surface area contributed by atoms with E-state index in [0.29, 0.717) is 0 Å². The van der Waals surface area contributed by atoms with Crippen LogP contribution < -0.4 is 10.2 Å². The molecule has 172 valence electrons. The minimum absolute atomic E-state index is 0.0959. The van der Waals surface area contributed by atoms with Crippen LogP contribution in [0.1, 0.15) is 31.9 Å². The Labute approximate surface area is 199 Å². The van der Waals surface area contributed by atoms with Crippen molar-refractivity contribution in [3.8, 4) is 11.3 Å². The standard InChI is InChI=1S/C26H32N6S/c1-19-9-8-12-21(17-19)22-23(28-26(2,3)4)32-24(27-22)33-25(29-32)31-15-13-30(14-16-31)18-20-10-6-5-7-11-20/h5-12,17,28H,13-16,18H2,1-4H3. The number of aromatic nitrogens is 3. The van der Waals surface area contributed by atoms with Crippen LogP contribution in [-0.2, 0) is 6.54 Å². The molecule has 0 unspecified atom stereocenters. The largest absolute Gasteiger partial charge is 0.364 e. The number of aryl methyl sites for hydroxylation is 1. The normalized spacial score (nSPS) is 15.3. The van der Waals surface area contributed by atoms with E-state index in [1.165, 1.54) is 11.1 Å². The van der Waals surface area contributed by atoms with Crippen LogP contribution >= 0.6 is 11.3 Å². The number of benzene rings is 2. The van der Waals surface area contributed by atoms with Crippen LogP contribution in [0.15, 0.2) is 54.6 Å². The topological polar surface area (TPSA) is 48.7 Å². The van der Waals surface area contributed by atoms with E-state index < -0.39 is 0 Å². The van der Waals surface area contributed by atoms with Crippen molar-refractivity contribution in [2.75, 3.05) is 36.4 Å². The predicted octanol–water partition coefficient (Wildman–Crippen LogP) is 5.30. The molecule has 3 heterocycles. The highest BCUT2D eigenvalue weighted by molar-refractivity contribution is 7.20. The maximum Gasteiger partial charge on any atom is 0.216 e. The Morgan fingerprint density at radius 3 is 2.42 bits per heavy atom. The number of imidazole rings is 1. The zero-order valence-corrected chi connectivity index (χ0v) is 20.7. The van der Waals surface area contributed by atoms with Crippen molar-refractivity contribution in [3.63, 3.8) is 0 Å². The molecule has 0 saturated carbocycles. The molecule has 2 aromatic carbocycles. The van der Waals surface area contributed by atoms with Crippen LogP contribution in [0.3, 0.4) is 0 Å². The van der Waals surface area contributed by atoms with Gasteiger partial charge in [0.1, 0.15) is 5.69 Å². The van der Waals surface area contributed by atoms with Gasteiger partial charge in [-0.15, -0.1) is 5.10 Å². The first kappa shape index (κ1) is 21.9. The summed E-state index contributed by atoms with van der Waals surface area (Å²) in [5.74, 6) is 0.966. The van der Waals surface area contributed by atoms with Crippen molar-refractivity contribution < 1.29 is 0 Å². The molecule has 2 aromatic heterocycles. The summed E-state index contributed by atoms with van der Waals surface area (Å²) >= 11 is 1.68. The van der Waals surface area contributed by atoms with Crippen molar-refractivity contribution in [3.05, 3.63) is 65.7 Å². The maximum absolute atomic E-state index is 5.02. The smallest absolute Gasteiger partial charge is 0.216 e. The van der Waals surface area contributed by atoms with Gasteiger partial charge in [0, 0.05) is 43.8 Å². The zero-order valence-electron chi connectivity index (χ0n) is 19.9. The Kier molecular flexibility index (Phi) is 5.85. The molecule has 1 N–H and O–H groups in total. The summed E-state index contributed by atoms with van der Waals surface area (Å²) in [6.07, 6.45) is 0. The molecule has 1 fully saturated rings. The fraction of sp³-hybridized carbons (Fsp3) is 0.385. The third kappa shape index (κ3) is 4.89. The van der Waals surface area contributed by atoms with Crippen LogP contribution in [0.5, 0.6) is 0 Å². The SMILES string of the molecule is Cc1cccc(-c2nc3sc(N4CCN(Cc5ccccc5)CC4)nn3c2NC(C)(C)C)c1. The van der Waals surface area contributed by atoms with E-state index in [1.54, 1.807) is 11.3 Å². The van der Waals surface area contributed by atoms with Crippen LogP contribution in [-0.4, -0.2) is 51.2 Å². The Morgan fingerprint density at radius 2 is 1.73 bits per heavy atom. The molecule has 0 spiro atoms. The summed E-state index contributed by atoms with van der Waals surface area (Å²) in [4.78, 5) is 10.9. The van der Waals surface area contributed by atoms with Gasteiger partial charge in [-0.25, -0.2) is 4.98 Å². The summed E-state index contributed by atoms with van der Waals surface area (Å²) in [7, 11) is 0. The summed E-state index contributed by atoms with van der Waals surface area (Å²) in [5.41, 5.74) is 4.59. The number of anilines is 2. The Balaban J connectivity index is 1.38. The fourth-order valence-electron chi connectivity index (χ4n) is 4.27. The minimum Gasteiger partial charge on any atom is -0.364 e. The van der Waals surface area contributed by atoms with E-state index in [4.69, 9.17) is 10.1 Å². The van der Waals surface area contributed by atoms with E-state index in [9.17, 15) is 0 Å². The molecule has 0 radical (unpaired) electrons. The molecular formula is C26H32N6S. The first-order valence-electron chi connectivity index (χ1n) is 11.6. The molecule has 7 heteroatoms. The van der Waals surface area contributed by atoms with Gasteiger partial charge < -0.3 is 10.2 Å². The van der Waals surface area contributed by atoms with Gasteiger partial charge in [0.25, 0.3) is 0 Å². The number of nitrogens with one attached hydrogen (secondary N) is 1. The summed E-state index contributed by atoms with van der Waals surface area (Å²) < 4.78 is 2.00. The lowest BCUT2D eigenvalue weighted by Gasteiger charge is -2.34. The molecule has 6 nitrogen and oxygen atoms in total. The molecule has 4 aromatic rings. The van der Waals surface area contributed by atoms with E-state index in [0.717, 1.165) is 59.9 Å². The average Bonchev–Trinajstić information content (AvgIpc) is 3.33. The summed E-state index contributed by atoms with van der Waals surface area (Å²) in [5, 5.41) is 9.72. The summed E-state index contributed by atoms with van der Waals surface area (Å²) in [6, 6.07) is 19.2. The van der Waals surface area contributed by atoms with E-state index >= 15 is 0 Å². The lowest BCUT2D eigenvalue weighted by Crippen LogP contribution is -2.46. The highest BCUT2D eigenvalue weighted by atomic mass is 32.1. The second kappa shape index (κ2) is 8.80. The number of rotatable bonds is 5. The zero-order chi connectivity index (χ0) is 23.0. The molecule has 1 aliphatic rings. The van der Waals surface area contributed by atoms with Crippen LogP contribution in [0, 0.1) is 6.92 Å². The fourth-order valence-corrected chi connectivity index (χ4v) is 5.22. The van der Waals surface area contributed by atoms with Crippen LogP contribution in [0.2, 0.25) is 0 Å². The van der Waals surface area contributed by atoms with Crippen molar-refractivity contribution in [2.45, 2.75) is 39.8 Å². The molecule has 0 atom stereocenters. The van der Waals surface area contributed by atoms with Gasteiger partial charge in [-0.2, -0.15) is 4.52 Å². The third-order valence-electron chi connectivity index (χ3n) is 5.87. The summed E-state index contributed by atoms with van der Waals surface area (Å²) in [6.45, 7) is 13.7. The van der Waals surface area contributed by atoms with Gasteiger partial charge in [-0.3, -0.25) is 4.90 Å². The highest BCUT2D eigenvalue weighted by Gasteiger charge is 2.25. The van der Waals surface area contributed by atoms with Gasteiger partial charge in [-0.05, 0) is 39.3 Å². The minimum atomic E-state index is -0.0959. The second-order valence-corrected chi connectivity index (χ2v) is 10.8. The molecule has 33 heavy (non-hydrogen) atoms. The first-order chi connectivity index (χ1) is 15.9. The van der Waals surface area contributed by atoms with Crippen molar-refractivity contribution in [2.24, 2.45) is 0 Å². The Hall–Kier alpha value is -2.90. The molecule has 0 aliphatic carbocycles. The van der Waals surface area contributed by atoms with E-state index in [2.05, 4.69) is 97.4 Å². The molecular weight excluding hydrogens is 428 g/mol. The first-order valence-corrected chi connectivity index (χ1v) is 12.4. The van der Waals surface area contributed by atoms with Gasteiger partial charge in [0.2, 0.25) is 10.1 Å². The average molecular weight is 461 g/mol. The van der Waals surface area contributed by atoms with E-state index in [-0.39, 0.29) is 5.54 Å². The lowest BCUT2D eigenvalue weighted by molar-refractivity contribution is 0.249. The van der Waals surface area contributed by atoms with Crippen molar-refractivity contribution in [1.82, 2.24) is 19.5 Å². The van der Waals surface area contributed by atoms with Crippen LogP contribution in [0.25, 0.3) is 16.2 Å². The third-order valence-corrected chi connectivity index (χ3v) is 6.84. The quantitative estimate of drug-likeness (QED) is 0.438. The maximum atomic E-state index is 5.02. The predicted molar refractivity (Wildman–Crippen MR) is 138 cm³/mol. The lowest BCUT2D eigenvalue weighted by atomic mass is 10.1. The molecule has 1 aliphatic heterocycles. The highest BCUT2D eigenvalue weighted by Crippen LogP contribution is 2.35. The monoisotopic (exact) mass is 460 g/mol. The van der Waals surface area contributed by atoms with Gasteiger partial charge in [0.15, 0.2) is 5.82 Å². The number of hydrogen-bond acceptors (Lipinski definition) is 6. The number of nitrogens with zero attached hydrogens (tertiary/aromatic N) is 5. The Morgan fingerprint density at radius 1 is 0.970 bits per heavy atom. The van der Waals surface area contributed by atoms with E-state index in [1.807, 2.05) is 4.52 Å². The molecule has 0 bridgehead atoms. The van der Waals surface area contributed by atoms with Gasteiger partial charge >= 0.3 is 0 Å².